The highest BCUT2D eigenvalue weighted by molar-refractivity contribution is 7.91. The topological polar surface area (TPSA) is 66.4 Å². The summed E-state index contributed by atoms with van der Waals surface area (Å²) in [4.78, 5) is 13.5. The molecule has 0 aliphatic carbocycles. The third kappa shape index (κ3) is 2.98. The van der Waals surface area contributed by atoms with E-state index in [0.29, 0.717) is 11.5 Å². The predicted molar refractivity (Wildman–Crippen MR) is 95.1 cm³/mol. The fourth-order valence-corrected chi connectivity index (χ4v) is 5.53. The highest BCUT2D eigenvalue weighted by atomic mass is 32.2. The Morgan fingerprint density at radius 1 is 1.12 bits per heavy atom. The largest absolute Gasteiger partial charge is 0.353 e. The van der Waals surface area contributed by atoms with Crippen molar-refractivity contribution in [3.05, 3.63) is 30.1 Å². The number of nitrogens with zero attached hydrogens (tertiary/aromatic N) is 4. The lowest BCUT2D eigenvalue weighted by Gasteiger charge is -2.38. The van der Waals surface area contributed by atoms with E-state index >= 15 is 0 Å². The average molecular weight is 346 g/mol. The first kappa shape index (κ1) is 15.8. The minimum atomic E-state index is -2.82. The van der Waals surface area contributed by atoms with E-state index in [1.165, 1.54) is 5.56 Å². The summed E-state index contributed by atoms with van der Waals surface area (Å²) < 4.78 is 23.4. The van der Waals surface area contributed by atoms with E-state index < -0.39 is 9.84 Å². The number of aryl methyl sites for hydroxylation is 1. The van der Waals surface area contributed by atoms with E-state index in [0.717, 1.165) is 49.3 Å². The highest BCUT2D eigenvalue weighted by Gasteiger charge is 2.34. The van der Waals surface area contributed by atoms with Gasteiger partial charge >= 0.3 is 0 Å². The second-order valence-corrected chi connectivity index (χ2v) is 9.03. The second-order valence-electron chi connectivity index (χ2n) is 6.80. The summed E-state index contributed by atoms with van der Waals surface area (Å²) in [6, 6.07) is 6.44. The molecular formula is C17H22N4O2S. The first-order valence-corrected chi connectivity index (χ1v) is 10.2. The van der Waals surface area contributed by atoms with E-state index in [-0.39, 0.29) is 6.04 Å². The van der Waals surface area contributed by atoms with Crippen LogP contribution in [0.1, 0.15) is 12.0 Å². The molecule has 7 heteroatoms. The highest BCUT2D eigenvalue weighted by Crippen LogP contribution is 2.26. The lowest BCUT2D eigenvalue weighted by atomic mass is 10.1. The van der Waals surface area contributed by atoms with Gasteiger partial charge in [-0.3, -0.25) is 4.90 Å². The Kier molecular flexibility index (Phi) is 3.92. The molecule has 1 aromatic carbocycles. The van der Waals surface area contributed by atoms with Gasteiger partial charge < -0.3 is 4.90 Å². The van der Waals surface area contributed by atoms with Gasteiger partial charge in [0.25, 0.3) is 0 Å². The van der Waals surface area contributed by atoms with Crippen LogP contribution in [0.2, 0.25) is 0 Å². The van der Waals surface area contributed by atoms with Crippen molar-refractivity contribution in [1.29, 1.82) is 0 Å². The molecule has 2 aliphatic rings. The van der Waals surface area contributed by atoms with E-state index in [1.807, 2.05) is 6.07 Å². The van der Waals surface area contributed by atoms with Crippen molar-refractivity contribution in [1.82, 2.24) is 14.9 Å². The van der Waals surface area contributed by atoms with Gasteiger partial charge in [0, 0.05) is 37.6 Å². The number of sulfone groups is 1. The second kappa shape index (κ2) is 5.97. The molecule has 24 heavy (non-hydrogen) atoms. The monoisotopic (exact) mass is 346 g/mol. The van der Waals surface area contributed by atoms with Crippen molar-refractivity contribution < 1.29 is 8.42 Å². The Morgan fingerprint density at radius 2 is 1.92 bits per heavy atom. The van der Waals surface area contributed by atoms with Crippen LogP contribution in [0.5, 0.6) is 0 Å². The van der Waals surface area contributed by atoms with Gasteiger partial charge in [0.1, 0.15) is 12.1 Å². The molecule has 1 aromatic heterocycles. The van der Waals surface area contributed by atoms with E-state index in [1.54, 1.807) is 6.33 Å². The van der Waals surface area contributed by atoms with Gasteiger partial charge in [-0.15, -0.1) is 0 Å². The maximum Gasteiger partial charge on any atom is 0.151 e. The first-order chi connectivity index (χ1) is 11.5. The van der Waals surface area contributed by atoms with Crippen molar-refractivity contribution in [2.75, 3.05) is 42.6 Å². The van der Waals surface area contributed by atoms with Gasteiger partial charge in [0.05, 0.1) is 17.0 Å². The molecule has 1 atom stereocenters. The predicted octanol–water partition coefficient (Wildman–Crippen LogP) is 1.25. The third-order valence-corrected chi connectivity index (χ3v) is 6.86. The van der Waals surface area contributed by atoms with Gasteiger partial charge in [-0.1, -0.05) is 11.6 Å². The maximum absolute atomic E-state index is 11.7. The van der Waals surface area contributed by atoms with Crippen LogP contribution in [0.4, 0.5) is 5.82 Å². The zero-order chi connectivity index (χ0) is 16.7. The maximum atomic E-state index is 11.7. The van der Waals surface area contributed by atoms with Crippen LogP contribution in [0, 0.1) is 6.92 Å². The minimum absolute atomic E-state index is 0.196. The zero-order valence-corrected chi connectivity index (χ0v) is 14.7. The molecule has 3 heterocycles. The standard InChI is InChI=1S/C17H22N4O2S/c1-13-2-3-16-15(10-13)17(19-12-18-16)21-7-5-20(6-8-21)14-4-9-24(22,23)11-14/h2-3,10,12,14H,4-9,11H2,1H3. The van der Waals surface area contributed by atoms with Gasteiger partial charge in [0.2, 0.25) is 0 Å². The molecule has 0 amide bonds. The van der Waals surface area contributed by atoms with Crippen molar-refractivity contribution in [2.24, 2.45) is 0 Å². The number of fused-ring (bicyclic) bond motifs is 1. The summed E-state index contributed by atoms with van der Waals surface area (Å²) in [5.74, 6) is 1.65. The number of piperazine rings is 1. The average Bonchev–Trinajstić information content (AvgIpc) is 2.94. The lowest BCUT2D eigenvalue weighted by Crippen LogP contribution is -2.51. The van der Waals surface area contributed by atoms with Crippen molar-refractivity contribution in [3.63, 3.8) is 0 Å². The van der Waals surface area contributed by atoms with Crippen LogP contribution in [-0.2, 0) is 9.84 Å². The molecule has 2 aromatic rings. The Balaban J connectivity index is 1.51. The summed E-state index contributed by atoms with van der Waals surface area (Å²) in [5.41, 5.74) is 2.17. The van der Waals surface area contributed by atoms with Crippen LogP contribution in [0.25, 0.3) is 10.9 Å². The number of hydrogen-bond acceptors (Lipinski definition) is 6. The fraction of sp³-hybridized carbons (Fsp3) is 0.529. The first-order valence-electron chi connectivity index (χ1n) is 8.43. The number of hydrogen-bond donors (Lipinski definition) is 0. The molecule has 0 radical (unpaired) electrons. The molecule has 128 valence electrons. The molecule has 2 fully saturated rings. The van der Waals surface area contributed by atoms with E-state index in [4.69, 9.17) is 0 Å². The summed E-state index contributed by atoms with van der Waals surface area (Å²) in [6.45, 7) is 5.59. The molecule has 1 unspecified atom stereocenters. The normalized spacial score (nSPS) is 24.5. The van der Waals surface area contributed by atoms with E-state index in [9.17, 15) is 8.42 Å². The SMILES string of the molecule is Cc1ccc2ncnc(N3CCN(C4CCS(=O)(=O)C4)CC3)c2c1. The summed E-state index contributed by atoms with van der Waals surface area (Å²) >= 11 is 0. The molecule has 0 bridgehead atoms. The fourth-order valence-electron chi connectivity index (χ4n) is 3.77. The molecule has 0 saturated carbocycles. The zero-order valence-electron chi connectivity index (χ0n) is 13.9. The third-order valence-electron chi connectivity index (χ3n) is 5.11. The quantitative estimate of drug-likeness (QED) is 0.815. The molecule has 2 aliphatic heterocycles. The van der Waals surface area contributed by atoms with Crippen molar-refractivity contribution in [3.8, 4) is 0 Å². The van der Waals surface area contributed by atoms with Gasteiger partial charge in [0.15, 0.2) is 9.84 Å². The Bertz CT molecular complexity index is 860. The Hall–Kier alpha value is -1.73. The van der Waals surface area contributed by atoms with Crippen LogP contribution in [0.3, 0.4) is 0 Å². The van der Waals surface area contributed by atoms with Crippen LogP contribution < -0.4 is 4.90 Å². The molecule has 0 spiro atoms. The van der Waals surface area contributed by atoms with Crippen LogP contribution in [-0.4, -0.2) is 67.0 Å². The lowest BCUT2D eigenvalue weighted by molar-refractivity contribution is 0.200. The van der Waals surface area contributed by atoms with Gasteiger partial charge in [-0.25, -0.2) is 18.4 Å². The Labute approximate surface area is 142 Å². The van der Waals surface area contributed by atoms with Gasteiger partial charge in [-0.05, 0) is 25.5 Å². The minimum Gasteiger partial charge on any atom is -0.353 e. The van der Waals surface area contributed by atoms with Crippen molar-refractivity contribution in [2.45, 2.75) is 19.4 Å². The van der Waals surface area contributed by atoms with Crippen LogP contribution >= 0.6 is 0 Å². The number of aromatic nitrogens is 2. The van der Waals surface area contributed by atoms with E-state index in [2.05, 4.69) is 38.8 Å². The summed E-state index contributed by atoms with van der Waals surface area (Å²) in [6.07, 6.45) is 2.40. The molecular weight excluding hydrogens is 324 g/mol. The summed E-state index contributed by atoms with van der Waals surface area (Å²) in [5, 5.41) is 1.09. The number of rotatable bonds is 2. The smallest absolute Gasteiger partial charge is 0.151 e. The molecule has 2 saturated heterocycles. The summed E-state index contributed by atoms with van der Waals surface area (Å²) in [7, 11) is -2.82. The van der Waals surface area contributed by atoms with Gasteiger partial charge in [-0.2, -0.15) is 0 Å². The Morgan fingerprint density at radius 3 is 2.62 bits per heavy atom. The van der Waals surface area contributed by atoms with Crippen LogP contribution in [0.15, 0.2) is 24.5 Å². The molecule has 0 N–H and O–H groups in total. The number of benzene rings is 1. The number of anilines is 1. The molecule has 6 nitrogen and oxygen atoms in total. The van der Waals surface area contributed by atoms with Crippen molar-refractivity contribution >= 4 is 26.6 Å². The molecule has 4 rings (SSSR count).